The number of hydrogen-bond acceptors (Lipinski definition) is 3. The maximum Gasteiger partial charge on any atom is 0.317 e. The van der Waals surface area contributed by atoms with Crippen LogP contribution in [0.4, 0.5) is 4.79 Å². The lowest BCUT2D eigenvalue weighted by atomic mass is 10.2. The normalized spacial score (nSPS) is 10.1. The van der Waals surface area contributed by atoms with E-state index in [1.807, 2.05) is 55.5 Å². The predicted octanol–water partition coefficient (Wildman–Crippen LogP) is 3.44. The zero-order valence-corrected chi connectivity index (χ0v) is 14.4. The van der Waals surface area contributed by atoms with Crippen molar-refractivity contribution < 1.29 is 14.3 Å². The van der Waals surface area contributed by atoms with E-state index in [-0.39, 0.29) is 6.03 Å². The molecule has 0 spiro atoms. The lowest BCUT2D eigenvalue weighted by Crippen LogP contribution is -2.36. The lowest BCUT2D eigenvalue weighted by Gasteiger charge is -2.18. The Morgan fingerprint density at radius 3 is 2.17 bits per heavy atom. The number of methoxy groups -OCH3 is 1. The molecule has 0 radical (unpaired) electrons. The highest BCUT2D eigenvalue weighted by Gasteiger charge is 2.09. The summed E-state index contributed by atoms with van der Waals surface area (Å²) in [6.45, 7) is 3.62. The molecule has 0 aliphatic heterocycles. The highest BCUT2D eigenvalue weighted by molar-refractivity contribution is 5.73. The van der Waals surface area contributed by atoms with Crippen molar-refractivity contribution in [1.82, 2.24) is 10.2 Å². The molecule has 24 heavy (non-hydrogen) atoms. The third-order valence-electron chi connectivity index (χ3n) is 3.60. The molecule has 128 valence electrons. The Hall–Kier alpha value is -2.69. The fourth-order valence-corrected chi connectivity index (χ4v) is 2.26. The van der Waals surface area contributed by atoms with Crippen molar-refractivity contribution in [3.8, 4) is 11.5 Å². The summed E-state index contributed by atoms with van der Waals surface area (Å²) < 4.78 is 10.5. The number of benzene rings is 2. The summed E-state index contributed by atoms with van der Waals surface area (Å²) in [6, 6.07) is 15.3. The molecule has 0 unspecified atom stereocenters. The van der Waals surface area contributed by atoms with Crippen LogP contribution in [0.2, 0.25) is 0 Å². The van der Waals surface area contributed by atoms with E-state index in [2.05, 4.69) is 5.32 Å². The number of carbonyl (C=O) groups excluding carboxylic acids is 1. The second-order valence-electron chi connectivity index (χ2n) is 5.44. The molecule has 2 aromatic carbocycles. The Labute approximate surface area is 143 Å². The molecule has 0 atom stereocenters. The second-order valence-corrected chi connectivity index (χ2v) is 5.44. The first-order valence-corrected chi connectivity index (χ1v) is 7.96. The van der Waals surface area contributed by atoms with Gasteiger partial charge in [-0.3, -0.25) is 0 Å². The first kappa shape index (κ1) is 17.7. The van der Waals surface area contributed by atoms with Gasteiger partial charge < -0.3 is 19.7 Å². The van der Waals surface area contributed by atoms with Crippen LogP contribution in [0.15, 0.2) is 48.5 Å². The molecule has 2 aromatic rings. The number of carbonyl (C=O) groups is 1. The van der Waals surface area contributed by atoms with Gasteiger partial charge in [0, 0.05) is 20.1 Å². The zero-order valence-electron chi connectivity index (χ0n) is 14.4. The molecule has 5 heteroatoms. The first-order chi connectivity index (χ1) is 11.6. The number of ether oxygens (including phenoxy) is 2. The van der Waals surface area contributed by atoms with E-state index in [9.17, 15) is 4.79 Å². The third kappa shape index (κ3) is 5.19. The molecule has 2 rings (SSSR count). The topological polar surface area (TPSA) is 50.8 Å². The quantitative estimate of drug-likeness (QED) is 0.847. The van der Waals surface area contributed by atoms with Crippen molar-refractivity contribution in [2.24, 2.45) is 0 Å². The standard InChI is InChI=1S/C19H24N2O3/c1-4-24-18-11-7-16(8-12-18)14-21(2)19(22)20-13-15-5-9-17(23-3)10-6-15/h5-12H,4,13-14H2,1-3H3,(H,20,22). The van der Waals surface area contributed by atoms with Gasteiger partial charge in [0.15, 0.2) is 0 Å². The van der Waals surface area contributed by atoms with Gasteiger partial charge in [0.25, 0.3) is 0 Å². The Bertz CT molecular complexity index is 639. The minimum Gasteiger partial charge on any atom is -0.497 e. The van der Waals surface area contributed by atoms with E-state index >= 15 is 0 Å². The summed E-state index contributed by atoms with van der Waals surface area (Å²) in [6.07, 6.45) is 0. The molecule has 0 heterocycles. The minimum atomic E-state index is -0.111. The number of nitrogens with one attached hydrogen (secondary N) is 1. The Morgan fingerprint density at radius 1 is 1.00 bits per heavy atom. The van der Waals surface area contributed by atoms with Crippen molar-refractivity contribution in [1.29, 1.82) is 0 Å². The van der Waals surface area contributed by atoms with E-state index < -0.39 is 0 Å². The van der Waals surface area contributed by atoms with E-state index in [0.29, 0.717) is 19.7 Å². The van der Waals surface area contributed by atoms with Gasteiger partial charge in [-0.05, 0) is 42.3 Å². The average molecular weight is 328 g/mol. The van der Waals surface area contributed by atoms with Crippen LogP contribution >= 0.6 is 0 Å². The van der Waals surface area contributed by atoms with Gasteiger partial charge in [-0.2, -0.15) is 0 Å². The van der Waals surface area contributed by atoms with Crippen LogP contribution < -0.4 is 14.8 Å². The molecule has 0 fully saturated rings. The molecule has 1 N–H and O–H groups in total. The summed E-state index contributed by atoms with van der Waals surface area (Å²) >= 11 is 0. The molecule has 0 aliphatic carbocycles. The van der Waals surface area contributed by atoms with Crippen LogP contribution in [-0.4, -0.2) is 31.7 Å². The monoisotopic (exact) mass is 328 g/mol. The van der Waals surface area contributed by atoms with Crippen molar-refractivity contribution in [2.45, 2.75) is 20.0 Å². The summed E-state index contributed by atoms with van der Waals surface area (Å²) in [5, 5.41) is 2.91. The molecular weight excluding hydrogens is 304 g/mol. The maximum atomic E-state index is 12.2. The Balaban J connectivity index is 1.82. The number of nitrogens with zero attached hydrogens (tertiary/aromatic N) is 1. The van der Waals surface area contributed by atoms with Gasteiger partial charge in [0.2, 0.25) is 0 Å². The summed E-state index contributed by atoms with van der Waals surface area (Å²) in [5.41, 5.74) is 2.08. The number of hydrogen-bond donors (Lipinski definition) is 1. The molecule has 5 nitrogen and oxygen atoms in total. The van der Waals surface area contributed by atoms with Crippen molar-refractivity contribution >= 4 is 6.03 Å². The third-order valence-corrected chi connectivity index (χ3v) is 3.60. The van der Waals surface area contributed by atoms with Crippen molar-refractivity contribution in [2.75, 3.05) is 20.8 Å². The predicted molar refractivity (Wildman–Crippen MR) is 94.3 cm³/mol. The van der Waals surface area contributed by atoms with Crippen molar-refractivity contribution in [3.63, 3.8) is 0 Å². The molecule has 0 aromatic heterocycles. The van der Waals surface area contributed by atoms with E-state index in [0.717, 1.165) is 22.6 Å². The average Bonchev–Trinajstić information content (AvgIpc) is 2.62. The molecule has 0 saturated carbocycles. The zero-order chi connectivity index (χ0) is 17.4. The summed E-state index contributed by atoms with van der Waals surface area (Å²) in [7, 11) is 3.41. The Morgan fingerprint density at radius 2 is 1.58 bits per heavy atom. The van der Waals surface area contributed by atoms with Gasteiger partial charge in [0.1, 0.15) is 11.5 Å². The molecule has 0 bridgehead atoms. The largest absolute Gasteiger partial charge is 0.497 e. The number of urea groups is 1. The van der Waals surface area contributed by atoms with Gasteiger partial charge in [-0.25, -0.2) is 4.79 Å². The van der Waals surface area contributed by atoms with Gasteiger partial charge in [-0.1, -0.05) is 24.3 Å². The highest BCUT2D eigenvalue weighted by Crippen LogP contribution is 2.14. The highest BCUT2D eigenvalue weighted by atomic mass is 16.5. The first-order valence-electron chi connectivity index (χ1n) is 7.96. The maximum absolute atomic E-state index is 12.2. The SMILES string of the molecule is CCOc1ccc(CN(C)C(=O)NCc2ccc(OC)cc2)cc1. The van der Waals surface area contributed by atoms with Crippen LogP contribution in [0.25, 0.3) is 0 Å². The van der Waals surface area contributed by atoms with E-state index in [4.69, 9.17) is 9.47 Å². The Kier molecular flexibility index (Phi) is 6.49. The van der Waals surface area contributed by atoms with Crippen LogP contribution in [0.5, 0.6) is 11.5 Å². The smallest absolute Gasteiger partial charge is 0.317 e. The fraction of sp³-hybridized carbons (Fsp3) is 0.316. The molecule has 0 saturated heterocycles. The molecule has 0 aliphatic rings. The van der Waals surface area contributed by atoms with Gasteiger partial charge >= 0.3 is 6.03 Å². The second kappa shape index (κ2) is 8.82. The summed E-state index contributed by atoms with van der Waals surface area (Å²) in [5.74, 6) is 1.64. The van der Waals surface area contributed by atoms with Gasteiger partial charge in [-0.15, -0.1) is 0 Å². The summed E-state index contributed by atoms with van der Waals surface area (Å²) in [4.78, 5) is 13.8. The van der Waals surface area contributed by atoms with Crippen LogP contribution in [0.3, 0.4) is 0 Å². The number of amides is 2. The lowest BCUT2D eigenvalue weighted by molar-refractivity contribution is 0.206. The minimum absolute atomic E-state index is 0.111. The van der Waals surface area contributed by atoms with Crippen LogP contribution in [0, 0.1) is 0 Å². The molecule has 2 amide bonds. The number of rotatable bonds is 7. The molecular formula is C19H24N2O3. The van der Waals surface area contributed by atoms with Crippen LogP contribution in [-0.2, 0) is 13.1 Å². The van der Waals surface area contributed by atoms with E-state index in [1.165, 1.54) is 0 Å². The van der Waals surface area contributed by atoms with Crippen molar-refractivity contribution in [3.05, 3.63) is 59.7 Å². The van der Waals surface area contributed by atoms with Gasteiger partial charge in [0.05, 0.1) is 13.7 Å². The fourth-order valence-electron chi connectivity index (χ4n) is 2.26. The van der Waals surface area contributed by atoms with Crippen LogP contribution in [0.1, 0.15) is 18.1 Å². The van der Waals surface area contributed by atoms with E-state index in [1.54, 1.807) is 19.1 Å².